The Hall–Kier alpha value is -2.17. The summed E-state index contributed by atoms with van der Waals surface area (Å²) in [4.78, 5) is 14.5. The second kappa shape index (κ2) is 6.73. The first-order chi connectivity index (χ1) is 10.8. The Morgan fingerprint density at radius 1 is 1.32 bits per heavy atom. The molecule has 1 aromatic carbocycles. The zero-order valence-electron chi connectivity index (χ0n) is 13.0. The van der Waals surface area contributed by atoms with Crippen molar-refractivity contribution in [2.24, 2.45) is 5.92 Å². The lowest BCUT2D eigenvalue weighted by atomic mass is 10.2. The molecule has 5 nitrogen and oxygen atoms in total. The number of nitrogens with zero attached hydrogens (tertiary/aromatic N) is 4. The van der Waals surface area contributed by atoms with E-state index in [1.165, 1.54) is 12.8 Å². The summed E-state index contributed by atoms with van der Waals surface area (Å²) in [6, 6.07) is 10.1. The molecule has 0 spiro atoms. The van der Waals surface area contributed by atoms with Gasteiger partial charge in [0.05, 0.1) is 12.7 Å². The van der Waals surface area contributed by atoms with E-state index in [-0.39, 0.29) is 5.91 Å². The summed E-state index contributed by atoms with van der Waals surface area (Å²) in [5.41, 5.74) is 1.60. The van der Waals surface area contributed by atoms with E-state index >= 15 is 0 Å². The highest BCUT2D eigenvalue weighted by atomic mass is 16.2. The van der Waals surface area contributed by atoms with Gasteiger partial charge in [0.2, 0.25) is 0 Å². The van der Waals surface area contributed by atoms with Crippen LogP contribution in [-0.2, 0) is 6.54 Å². The number of hydrogen-bond acceptors (Lipinski definition) is 3. The van der Waals surface area contributed by atoms with Crippen molar-refractivity contribution in [2.75, 3.05) is 13.1 Å². The molecule has 1 aromatic heterocycles. The number of aromatic nitrogens is 3. The Balaban J connectivity index is 1.67. The Morgan fingerprint density at radius 2 is 2.09 bits per heavy atom. The summed E-state index contributed by atoms with van der Waals surface area (Å²) in [6.07, 6.45) is 5.21. The van der Waals surface area contributed by atoms with Crippen molar-refractivity contribution < 1.29 is 4.79 Å². The van der Waals surface area contributed by atoms with Crippen LogP contribution < -0.4 is 0 Å². The standard InChI is InChI=1S/C17H22N4O/c1-2-10-20(11-15-8-9-15)17(22)16-13-21(19-18-16)12-14-6-4-3-5-7-14/h3-7,13,15H,2,8-12H2,1H3. The van der Waals surface area contributed by atoms with Crippen LogP contribution in [0.25, 0.3) is 0 Å². The third kappa shape index (κ3) is 3.72. The van der Waals surface area contributed by atoms with Gasteiger partial charge in [-0.25, -0.2) is 4.68 Å². The molecule has 0 saturated heterocycles. The van der Waals surface area contributed by atoms with Gasteiger partial charge in [-0.2, -0.15) is 0 Å². The molecular formula is C17H22N4O. The number of benzene rings is 1. The van der Waals surface area contributed by atoms with Gasteiger partial charge in [-0.3, -0.25) is 4.79 Å². The van der Waals surface area contributed by atoms with Crippen LogP contribution in [0.2, 0.25) is 0 Å². The smallest absolute Gasteiger partial charge is 0.276 e. The van der Waals surface area contributed by atoms with Gasteiger partial charge >= 0.3 is 0 Å². The first-order valence-electron chi connectivity index (χ1n) is 7.99. The van der Waals surface area contributed by atoms with Gasteiger partial charge < -0.3 is 4.90 Å². The fraction of sp³-hybridized carbons (Fsp3) is 0.471. The van der Waals surface area contributed by atoms with Crippen LogP contribution in [0.3, 0.4) is 0 Å². The molecule has 1 fully saturated rings. The SMILES string of the molecule is CCCN(CC1CC1)C(=O)c1cn(Cc2ccccc2)nn1. The highest BCUT2D eigenvalue weighted by molar-refractivity contribution is 5.91. The number of carbonyl (C=O) groups is 1. The molecule has 0 N–H and O–H groups in total. The van der Waals surface area contributed by atoms with Gasteiger partial charge in [0.15, 0.2) is 5.69 Å². The lowest BCUT2D eigenvalue weighted by Gasteiger charge is -2.20. The molecular weight excluding hydrogens is 276 g/mol. The minimum Gasteiger partial charge on any atom is -0.337 e. The summed E-state index contributed by atoms with van der Waals surface area (Å²) in [6.45, 7) is 4.38. The van der Waals surface area contributed by atoms with Crippen molar-refractivity contribution >= 4 is 5.91 Å². The average Bonchev–Trinajstić information content (AvgIpc) is 3.24. The van der Waals surface area contributed by atoms with Gasteiger partial charge in [-0.05, 0) is 30.7 Å². The Morgan fingerprint density at radius 3 is 2.77 bits per heavy atom. The van der Waals surface area contributed by atoms with E-state index in [9.17, 15) is 4.79 Å². The fourth-order valence-electron chi connectivity index (χ4n) is 2.56. The van der Waals surface area contributed by atoms with Crippen LogP contribution in [-0.4, -0.2) is 38.9 Å². The molecule has 116 valence electrons. The maximum absolute atomic E-state index is 12.6. The number of hydrogen-bond donors (Lipinski definition) is 0. The molecule has 3 rings (SSSR count). The molecule has 1 amide bonds. The van der Waals surface area contributed by atoms with Crippen molar-refractivity contribution in [3.05, 3.63) is 47.8 Å². The van der Waals surface area contributed by atoms with E-state index in [0.717, 1.165) is 25.1 Å². The van der Waals surface area contributed by atoms with Crippen LogP contribution in [0.5, 0.6) is 0 Å². The Bertz CT molecular complexity index is 619. The molecule has 1 heterocycles. The first-order valence-corrected chi connectivity index (χ1v) is 7.99. The van der Waals surface area contributed by atoms with Crippen molar-refractivity contribution in [1.82, 2.24) is 19.9 Å². The number of carbonyl (C=O) groups excluding carboxylic acids is 1. The summed E-state index contributed by atoms with van der Waals surface area (Å²) in [5.74, 6) is 0.697. The van der Waals surface area contributed by atoms with Crippen molar-refractivity contribution in [3.63, 3.8) is 0 Å². The molecule has 5 heteroatoms. The zero-order valence-corrected chi connectivity index (χ0v) is 13.0. The predicted molar refractivity (Wildman–Crippen MR) is 84.5 cm³/mol. The van der Waals surface area contributed by atoms with Gasteiger partial charge in [-0.15, -0.1) is 5.10 Å². The van der Waals surface area contributed by atoms with E-state index < -0.39 is 0 Å². The molecule has 22 heavy (non-hydrogen) atoms. The van der Waals surface area contributed by atoms with E-state index in [4.69, 9.17) is 0 Å². The number of rotatable bonds is 7. The van der Waals surface area contributed by atoms with E-state index in [2.05, 4.69) is 17.2 Å². The Kier molecular flexibility index (Phi) is 4.51. The van der Waals surface area contributed by atoms with Crippen LogP contribution in [0.4, 0.5) is 0 Å². The topological polar surface area (TPSA) is 51.0 Å². The molecule has 0 aliphatic heterocycles. The highest BCUT2D eigenvalue weighted by Gasteiger charge is 2.27. The van der Waals surface area contributed by atoms with Crippen molar-refractivity contribution in [3.8, 4) is 0 Å². The predicted octanol–water partition coefficient (Wildman–Crippen LogP) is 2.59. The molecule has 1 aliphatic rings. The second-order valence-electron chi connectivity index (χ2n) is 5.98. The molecule has 0 atom stereocenters. The largest absolute Gasteiger partial charge is 0.337 e. The minimum atomic E-state index is 0.00746. The maximum Gasteiger partial charge on any atom is 0.276 e. The maximum atomic E-state index is 12.6. The van der Waals surface area contributed by atoms with E-state index in [1.807, 2.05) is 35.2 Å². The number of amides is 1. The van der Waals surface area contributed by atoms with Crippen LogP contribution in [0, 0.1) is 5.92 Å². The molecule has 1 aliphatic carbocycles. The molecule has 0 bridgehead atoms. The lowest BCUT2D eigenvalue weighted by Crippen LogP contribution is -2.33. The zero-order chi connectivity index (χ0) is 15.4. The highest BCUT2D eigenvalue weighted by Crippen LogP contribution is 2.30. The first kappa shape index (κ1) is 14.8. The Labute approximate surface area is 130 Å². The van der Waals surface area contributed by atoms with Gasteiger partial charge in [-0.1, -0.05) is 42.5 Å². The quantitative estimate of drug-likeness (QED) is 0.789. The fourth-order valence-corrected chi connectivity index (χ4v) is 2.56. The van der Waals surface area contributed by atoms with Crippen molar-refractivity contribution in [1.29, 1.82) is 0 Å². The monoisotopic (exact) mass is 298 g/mol. The normalized spacial score (nSPS) is 14.0. The van der Waals surface area contributed by atoms with Gasteiger partial charge in [0, 0.05) is 13.1 Å². The minimum absolute atomic E-state index is 0.00746. The van der Waals surface area contributed by atoms with Crippen LogP contribution in [0.15, 0.2) is 36.5 Å². The molecule has 1 saturated carbocycles. The van der Waals surface area contributed by atoms with Gasteiger partial charge in [0.25, 0.3) is 5.91 Å². The molecule has 2 aromatic rings. The third-order valence-electron chi connectivity index (χ3n) is 3.90. The average molecular weight is 298 g/mol. The van der Waals surface area contributed by atoms with E-state index in [1.54, 1.807) is 10.9 Å². The lowest BCUT2D eigenvalue weighted by molar-refractivity contribution is 0.0741. The summed E-state index contributed by atoms with van der Waals surface area (Å²) < 4.78 is 1.73. The molecule has 0 radical (unpaired) electrons. The van der Waals surface area contributed by atoms with E-state index in [0.29, 0.717) is 18.2 Å². The third-order valence-corrected chi connectivity index (χ3v) is 3.90. The molecule has 0 unspecified atom stereocenters. The summed E-state index contributed by atoms with van der Waals surface area (Å²) in [7, 11) is 0. The van der Waals surface area contributed by atoms with Crippen LogP contribution >= 0.6 is 0 Å². The van der Waals surface area contributed by atoms with Gasteiger partial charge in [0.1, 0.15) is 0 Å². The summed E-state index contributed by atoms with van der Waals surface area (Å²) in [5, 5.41) is 8.15. The summed E-state index contributed by atoms with van der Waals surface area (Å²) >= 11 is 0. The van der Waals surface area contributed by atoms with Crippen molar-refractivity contribution in [2.45, 2.75) is 32.7 Å². The second-order valence-corrected chi connectivity index (χ2v) is 5.98. The van der Waals surface area contributed by atoms with Crippen LogP contribution in [0.1, 0.15) is 42.2 Å².